The van der Waals surface area contributed by atoms with Crippen LogP contribution in [0.4, 0.5) is 5.69 Å². The van der Waals surface area contributed by atoms with Crippen molar-refractivity contribution in [3.8, 4) is 22.5 Å². The van der Waals surface area contributed by atoms with Crippen LogP contribution >= 0.6 is 0 Å². The summed E-state index contributed by atoms with van der Waals surface area (Å²) in [5.74, 6) is 0.605. The fraction of sp³-hybridized carbons (Fsp3) is 0.167. The second-order valence-electron chi connectivity index (χ2n) is 8.92. The summed E-state index contributed by atoms with van der Waals surface area (Å²) in [6.07, 6.45) is -0.122. The van der Waals surface area contributed by atoms with Gasteiger partial charge in [0.15, 0.2) is 0 Å². The maximum absolute atomic E-state index is 12.3. The van der Waals surface area contributed by atoms with Crippen LogP contribution in [-0.4, -0.2) is 36.6 Å². The number of hydrogen-bond donors (Lipinski definition) is 1. The van der Waals surface area contributed by atoms with Crippen molar-refractivity contribution in [1.82, 2.24) is 9.55 Å². The molecule has 0 saturated heterocycles. The highest BCUT2D eigenvalue weighted by molar-refractivity contribution is 7.85. The molecule has 0 atom stereocenters. The molecule has 1 heterocycles. The van der Waals surface area contributed by atoms with Crippen LogP contribution in [-0.2, 0) is 23.1 Å². The third kappa shape index (κ3) is 5.14. The standard InChI is InChI=1S/C30H29N3O3S/c1-21-8-17-29(37(34,35)36)25(20-21)18-19-33-28-7-5-4-6-27(28)31-30(33)24-11-9-22(10-12-24)23-13-15-26(16-14-23)32(2)3/h4-17,20H,18-19H2,1-3H3,(H,34,35,36)/i1T2,8T,17T,20T. The molecule has 0 aliphatic carbocycles. The van der Waals surface area contributed by atoms with E-state index in [9.17, 15) is 13.0 Å². The topological polar surface area (TPSA) is 75.4 Å². The molecular weight excluding hydrogens is 482 g/mol. The number of rotatable bonds is 7. The Labute approximate surface area is 224 Å². The molecule has 0 aliphatic rings. The molecule has 0 aliphatic heterocycles. The van der Waals surface area contributed by atoms with Gasteiger partial charge in [-0.1, -0.05) is 66.2 Å². The van der Waals surface area contributed by atoms with Crippen molar-refractivity contribution in [2.24, 2.45) is 0 Å². The zero-order valence-corrected chi connectivity index (χ0v) is 21.2. The summed E-state index contributed by atoms with van der Waals surface area (Å²) in [5, 5.41) is 0. The van der Waals surface area contributed by atoms with E-state index in [2.05, 4.69) is 24.3 Å². The Bertz CT molecular complexity index is 1890. The van der Waals surface area contributed by atoms with Crippen LogP contribution in [0.3, 0.4) is 0 Å². The average Bonchev–Trinajstić information content (AvgIpc) is 3.32. The third-order valence-electron chi connectivity index (χ3n) is 6.23. The van der Waals surface area contributed by atoms with E-state index in [0.717, 1.165) is 27.9 Å². The summed E-state index contributed by atoms with van der Waals surface area (Å²) in [6.45, 7) is -1.65. The summed E-state index contributed by atoms with van der Waals surface area (Å²) in [7, 11) is -0.989. The largest absolute Gasteiger partial charge is 0.378 e. The number of anilines is 1. The van der Waals surface area contributed by atoms with E-state index in [1.807, 2.05) is 72.1 Å². The molecule has 1 N–H and O–H groups in total. The van der Waals surface area contributed by atoms with Crippen LogP contribution < -0.4 is 4.90 Å². The number of hydrogen-bond acceptors (Lipinski definition) is 4. The van der Waals surface area contributed by atoms with Crippen molar-refractivity contribution in [3.63, 3.8) is 0 Å². The molecule has 188 valence electrons. The number of aryl methyl sites for hydroxylation is 1. The lowest BCUT2D eigenvalue weighted by Crippen LogP contribution is -2.08. The number of imidazole rings is 1. The van der Waals surface area contributed by atoms with Crippen molar-refractivity contribution < 1.29 is 19.8 Å². The lowest BCUT2D eigenvalue weighted by molar-refractivity contribution is 0.481. The van der Waals surface area contributed by atoms with E-state index in [4.69, 9.17) is 11.8 Å². The Morgan fingerprint density at radius 1 is 0.946 bits per heavy atom. The van der Waals surface area contributed by atoms with Crippen LogP contribution in [0.1, 0.15) is 18.0 Å². The highest BCUT2D eigenvalue weighted by Crippen LogP contribution is 2.29. The van der Waals surface area contributed by atoms with Crippen molar-refractivity contribution in [3.05, 3.63) is 102 Å². The van der Waals surface area contributed by atoms with Crippen LogP contribution in [0.15, 0.2) is 95.8 Å². The van der Waals surface area contributed by atoms with Crippen molar-refractivity contribution in [2.45, 2.75) is 24.7 Å². The summed E-state index contributed by atoms with van der Waals surface area (Å²) >= 11 is 0. The van der Waals surface area contributed by atoms with Gasteiger partial charge in [0.05, 0.1) is 20.0 Å². The van der Waals surface area contributed by atoms with Gasteiger partial charge < -0.3 is 9.47 Å². The molecule has 4 aromatic carbocycles. The smallest absolute Gasteiger partial charge is 0.294 e. The SMILES string of the molecule is [3H]c1c([3H])c(S(=O)(=O)O)c(CCn2c(-c3ccc(-c4ccc(N(C)C)cc4)cc3)nc3ccccc32)c([3H])c1C([3H])[3H]. The monoisotopic (exact) mass is 521 g/mol. The molecular formula is C30H29N3O3S. The maximum Gasteiger partial charge on any atom is 0.294 e. The Balaban J connectivity index is 1.57. The number of fused-ring (bicyclic) bond motifs is 1. The van der Waals surface area contributed by atoms with Gasteiger partial charge in [-0.25, -0.2) is 4.98 Å². The van der Waals surface area contributed by atoms with Gasteiger partial charge in [-0.05, 0) is 60.3 Å². The van der Waals surface area contributed by atoms with Gasteiger partial charge in [-0.3, -0.25) is 4.55 Å². The van der Waals surface area contributed by atoms with Crippen molar-refractivity contribution in [1.29, 1.82) is 0 Å². The molecule has 0 fully saturated rings. The van der Waals surface area contributed by atoms with Gasteiger partial charge in [0.25, 0.3) is 10.1 Å². The molecule has 7 heteroatoms. The molecule has 5 aromatic rings. The normalized spacial score (nSPS) is 13.7. The van der Waals surface area contributed by atoms with E-state index < -0.39 is 40.0 Å². The summed E-state index contributed by atoms with van der Waals surface area (Å²) in [5.41, 5.74) is 4.86. The molecule has 1 aromatic heterocycles. The fourth-order valence-electron chi connectivity index (χ4n) is 4.36. The van der Waals surface area contributed by atoms with E-state index in [-0.39, 0.29) is 24.1 Å². The Morgan fingerprint density at radius 3 is 2.24 bits per heavy atom. The minimum Gasteiger partial charge on any atom is -0.378 e. The second-order valence-corrected chi connectivity index (χ2v) is 10.3. The number of nitrogens with zero attached hydrogens (tertiary/aromatic N) is 3. The van der Waals surface area contributed by atoms with Crippen molar-refractivity contribution in [2.75, 3.05) is 19.0 Å². The van der Waals surface area contributed by atoms with Gasteiger partial charge in [0.1, 0.15) is 5.82 Å². The highest BCUT2D eigenvalue weighted by Gasteiger charge is 2.18. The molecule has 0 unspecified atom stereocenters. The molecule has 6 nitrogen and oxygen atoms in total. The summed E-state index contributed by atoms with van der Waals surface area (Å²) in [4.78, 5) is 6.01. The lowest BCUT2D eigenvalue weighted by atomic mass is 10.0. The van der Waals surface area contributed by atoms with Gasteiger partial charge in [-0.2, -0.15) is 8.42 Å². The van der Waals surface area contributed by atoms with Crippen molar-refractivity contribution >= 4 is 26.8 Å². The Hall–Kier alpha value is -3.94. The van der Waals surface area contributed by atoms with Crippen LogP contribution in [0.25, 0.3) is 33.5 Å². The zero-order valence-electron chi connectivity index (χ0n) is 25.4. The number of benzene rings is 4. The lowest BCUT2D eigenvalue weighted by Gasteiger charge is -2.13. The van der Waals surface area contributed by atoms with E-state index in [1.54, 1.807) is 0 Å². The Kier molecular flexibility index (Phi) is 5.11. The molecule has 37 heavy (non-hydrogen) atoms. The Morgan fingerprint density at radius 2 is 1.59 bits per heavy atom. The van der Waals surface area contributed by atoms with Crippen LogP contribution in [0, 0.1) is 6.88 Å². The number of aromatic nitrogens is 2. The van der Waals surface area contributed by atoms with E-state index in [1.165, 1.54) is 0 Å². The minimum absolute atomic E-state index is 0.120. The average molecular weight is 522 g/mol. The molecule has 0 spiro atoms. The minimum atomic E-state index is -4.96. The first-order valence-corrected chi connectivity index (χ1v) is 13.1. The first kappa shape index (κ1) is 19.2. The zero-order chi connectivity index (χ0) is 30.3. The number of para-hydroxylation sites is 2. The summed E-state index contributed by atoms with van der Waals surface area (Å²) in [6, 6.07) is 21.5. The fourth-order valence-corrected chi connectivity index (χ4v) is 5.00. The first-order valence-electron chi connectivity index (χ1n) is 14.3. The molecule has 0 amide bonds. The third-order valence-corrected chi connectivity index (χ3v) is 7.09. The van der Waals surface area contributed by atoms with Crippen LogP contribution in [0.2, 0.25) is 0 Å². The molecule has 0 bridgehead atoms. The molecule has 0 saturated carbocycles. The van der Waals surface area contributed by atoms with Gasteiger partial charge in [0.2, 0.25) is 0 Å². The van der Waals surface area contributed by atoms with Gasteiger partial charge in [-0.15, -0.1) is 0 Å². The predicted octanol–water partition coefficient (Wildman–Crippen LogP) is 6.23. The predicted molar refractivity (Wildman–Crippen MR) is 150 cm³/mol. The maximum atomic E-state index is 12.3. The summed E-state index contributed by atoms with van der Waals surface area (Å²) < 4.78 is 76.7. The molecule has 5 rings (SSSR count). The van der Waals surface area contributed by atoms with Crippen LogP contribution in [0.5, 0.6) is 0 Å². The van der Waals surface area contributed by atoms with E-state index >= 15 is 0 Å². The second kappa shape index (κ2) is 9.84. The van der Waals surface area contributed by atoms with Gasteiger partial charge >= 0.3 is 0 Å². The van der Waals surface area contributed by atoms with E-state index in [0.29, 0.717) is 11.3 Å². The first-order chi connectivity index (χ1) is 19.9. The molecule has 0 radical (unpaired) electrons. The highest BCUT2D eigenvalue weighted by atomic mass is 32.2. The quantitative estimate of drug-likeness (QED) is 0.257. The van der Waals surface area contributed by atoms with Gasteiger partial charge in [0, 0.05) is 34.6 Å².